The third kappa shape index (κ3) is 5.02. The van der Waals surface area contributed by atoms with Crippen molar-refractivity contribution in [2.45, 2.75) is 18.2 Å². The van der Waals surface area contributed by atoms with Gasteiger partial charge in [0.05, 0.1) is 16.1 Å². The van der Waals surface area contributed by atoms with E-state index < -0.39 is 15.9 Å². The van der Waals surface area contributed by atoms with Crippen molar-refractivity contribution in [1.29, 1.82) is 0 Å². The fraction of sp³-hybridized carbons (Fsp3) is 0.125. The highest BCUT2D eigenvalue weighted by Crippen LogP contribution is 2.23. The Balaban J connectivity index is 2.24. The summed E-state index contributed by atoms with van der Waals surface area (Å²) in [6.07, 6.45) is 0.253. The fourth-order valence-corrected chi connectivity index (χ4v) is 2.67. The first kappa shape index (κ1) is 18.9. The summed E-state index contributed by atoms with van der Waals surface area (Å²) < 4.78 is 22.5. The maximum absolute atomic E-state index is 12.4. The SMILES string of the molecule is CCC(=O)Nc1cc(Cl)ccc1C(=O)Nc1ccc(S(N)(=O)=O)cc1. The molecule has 0 aliphatic heterocycles. The molecule has 0 fully saturated rings. The number of hydrogen-bond acceptors (Lipinski definition) is 4. The van der Waals surface area contributed by atoms with Crippen molar-refractivity contribution in [2.75, 3.05) is 10.6 Å². The van der Waals surface area contributed by atoms with Crippen LogP contribution in [0.15, 0.2) is 47.4 Å². The number of carbonyl (C=O) groups is 2. The number of anilines is 2. The molecule has 2 aromatic carbocycles. The molecule has 2 amide bonds. The Morgan fingerprint density at radius 3 is 2.28 bits per heavy atom. The highest BCUT2D eigenvalue weighted by atomic mass is 35.5. The zero-order chi connectivity index (χ0) is 18.6. The second-order valence-corrected chi connectivity index (χ2v) is 7.11. The first-order chi connectivity index (χ1) is 11.7. The van der Waals surface area contributed by atoms with Crippen LogP contribution in [0.1, 0.15) is 23.7 Å². The summed E-state index contributed by atoms with van der Waals surface area (Å²) in [6.45, 7) is 1.69. The summed E-state index contributed by atoms with van der Waals surface area (Å²) in [5.74, 6) is -0.736. The number of sulfonamides is 1. The van der Waals surface area contributed by atoms with Gasteiger partial charge in [-0.25, -0.2) is 13.6 Å². The van der Waals surface area contributed by atoms with Gasteiger partial charge in [-0.1, -0.05) is 18.5 Å². The number of hydrogen-bond donors (Lipinski definition) is 3. The van der Waals surface area contributed by atoms with E-state index in [9.17, 15) is 18.0 Å². The van der Waals surface area contributed by atoms with Crippen LogP contribution < -0.4 is 15.8 Å². The number of nitrogens with two attached hydrogens (primary N) is 1. The predicted octanol–water partition coefficient (Wildman–Crippen LogP) is 2.59. The summed E-state index contributed by atoms with van der Waals surface area (Å²) in [6, 6.07) is 9.90. The van der Waals surface area contributed by atoms with E-state index in [2.05, 4.69) is 10.6 Å². The quantitative estimate of drug-likeness (QED) is 0.737. The van der Waals surface area contributed by atoms with E-state index in [4.69, 9.17) is 16.7 Å². The van der Waals surface area contributed by atoms with Crippen LogP contribution in [-0.4, -0.2) is 20.2 Å². The average Bonchev–Trinajstić information content (AvgIpc) is 2.54. The minimum Gasteiger partial charge on any atom is -0.325 e. The molecule has 0 spiro atoms. The largest absolute Gasteiger partial charge is 0.325 e. The summed E-state index contributed by atoms with van der Waals surface area (Å²) in [5, 5.41) is 10.6. The second kappa shape index (κ2) is 7.64. The molecular weight excluding hydrogens is 366 g/mol. The Hall–Kier alpha value is -2.42. The normalized spacial score (nSPS) is 11.0. The topological polar surface area (TPSA) is 118 Å². The number of nitrogens with one attached hydrogen (secondary N) is 2. The molecule has 0 aromatic heterocycles. The number of primary sulfonamides is 1. The Labute approximate surface area is 150 Å². The monoisotopic (exact) mass is 381 g/mol. The number of amides is 2. The molecule has 2 aromatic rings. The number of benzene rings is 2. The second-order valence-electron chi connectivity index (χ2n) is 5.12. The lowest BCUT2D eigenvalue weighted by Crippen LogP contribution is -2.18. The van der Waals surface area contributed by atoms with Crippen LogP contribution >= 0.6 is 11.6 Å². The van der Waals surface area contributed by atoms with Gasteiger partial charge in [0, 0.05) is 17.1 Å². The average molecular weight is 382 g/mol. The van der Waals surface area contributed by atoms with Crippen LogP contribution in [0.25, 0.3) is 0 Å². The Morgan fingerprint density at radius 2 is 1.72 bits per heavy atom. The maximum atomic E-state index is 12.4. The van der Waals surface area contributed by atoms with Crippen LogP contribution in [0, 0.1) is 0 Å². The Kier molecular flexibility index (Phi) is 5.78. The van der Waals surface area contributed by atoms with Gasteiger partial charge in [0.15, 0.2) is 0 Å². The van der Waals surface area contributed by atoms with E-state index in [1.54, 1.807) is 6.92 Å². The smallest absolute Gasteiger partial charge is 0.257 e. The molecule has 132 valence electrons. The van der Waals surface area contributed by atoms with Gasteiger partial charge in [-0.05, 0) is 42.5 Å². The minimum atomic E-state index is -3.80. The van der Waals surface area contributed by atoms with E-state index >= 15 is 0 Å². The van der Waals surface area contributed by atoms with Crippen molar-refractivity contribution in [2.24, 2.45) is 5.14 Å². The Bertz CT molecular complexity index is 911. The molecule has 9 heteroatoms. The van der Waals surface area contributed by atoms with Crippen LogP contribution in [0.4, 0.5) is 11.4 Å². The van der Waals surface area contributed by atoms with Gasteiger partial charge in [0.2, 0.25) is 15.9 Å². The summed E-state index contributed by atoms with van der Waals surface area (Å²) in [7, 11) is -3.80. The first-order valence-corrected chi connectivity index (χ1v) is 9.16. The summed E-state index contributed by atoms with van der Waals surface area (Å²) in [4.78, 5) is 24.0. The van der Waals surface area contributed by atoms with Crippen LogP contribution in [0.5, 0.6) is 0 Å². The minimum absolute atomic E-state index is 0.0621. The molecule has 4 N–H and O–H groups in total. The van der Waals surface area contributed by atoms with Gasteiger partial charge >= 0.3 is 0 Å². The van der Waals surface area contributed by atoms with Crippen LogP contribution in [0.2, 0.25) is 5.02 Å². The molecule has 25 heavy (non-hydrogen) atoms. The fourth-order valence-electron chi connectivity index (χ4n) is 1.98. The molecule has 0 heterocycles. The zero-order valence-corrected chi connectivity index (χ0v) is 14.8. The van der Waals surface area contributed by atoms with Crippen molar-refractivity contribution in [3.63, 3.8) is 0 Å². The number of halogens is 1. The Morgan fingerprint density at radius 1 is 1.08 bits per heavy atom. The highest BCUT2D eigenvalue weighted by Gasteiger charge is 2.14. The van der Waals surface area contributed by atoms with Gasteiger partial charge < -0.3 is 10.6 Å². The molecule has 0 saturated carbocycles. The van der Waals surface area contributed by atoms with Crippen molar-refractivity contribution in [1.82, 2.24) is 0 Å². The predicted molar refractivity (Wildman–Crippen MR) is 96.1 cm³/mol. The third-order valence-electron chi connectivity index (χ3n) is 3.26. The zero-order valence-electron chi connectivity index (χ0n) is 13.2. The third-order valence-corrected chi connectivity index (χ3v) is 4.43. The van der Waals surface area contributed by atoms with E-state index in [-0.39, 0.29) is 28.5 Å². The molecule has 0 saturated heterocycles. The van der Waals surface area contributed by atoms with E-state index in [0.29, 0.717) is 10.7 Å². The summed E-state index contributed by atoms with van der Waals surface area (Å²) >= 11 is 5.92. The lowest BCUT2D eigenvalue weighted by atomic mass is 10.1. The van der Waals surface area contributed by atoms with E-state index in [1.165, 1.54) is 42.5 Å². The maximum Gasteiger partial charge on any atom is 0.257 e. The summed E-state index contributed by atoms with van der Waals surface area (Å²) in [5.41, 5.74) is 0.889. The molecule has 0 atom stereocenters. The van der Waals surface area contributed by atoms with Gasteiger partial charge in [-0.2, -0.15) is 0 Å². The van der Waals surface area contributed by atoms with Gasteiger partial charge in [-0.3, -0.25) is 9.59 Å². The van der Waals surface area contributed by atoms with Crippen molar-refractivity contribution < 1.29 is 18.0 Å². The lowest BCUT2D eigenvalue weighted by molar-refractivity contribution is -0.115. The number of rotatable bonds is 5. The molecule has 7 nitrogen and oxygen atoms in total. The molecule has 2 rings (SSSR count). The van der Waals surface area contributed by atoms with Crippen LogP contribution in [0.3, 0.4) is 0 Å². The highest BCUT2D eigenvalue weighted by molar-refractivity contribution is 7.89. The molecule has 0 aliphatic carbocycles. The molecular formula is C16H16ClN3O4S. The first-order valence-electron chi connectivity index (χ1n) is 7.24. The van der Waals surface area contributed by atoms with Crippen LogP contribution in [-0.2, 0) is 14.8 Å². The van der Waals surface area contributed by atoms with Gasteiger partial charge in [0.25, 0.3) is 5.91 Å². The molecule has 0 unspecified atom stereocenters. The number of carbonyl (C=O) groups excluding carboxylic acids is 2. The van der Waals surface area contributed by atoms with Gasteiger partial charge in [0.1, 0.15) is 0 Å². The van der Waals surface area contributed by atoms with Crippen molar-refractivity contribution in [3.8, 4) is 0 Å². The van der Waals surface area contributed by atoms with E-state index in [0.717, 1.165) is 0 Å². The molecule has 0 aliphatic rings. The molecule has 0 radical (unpaired) electrons. The van der Waals surface area contributed by atoms with E-state index in [1.807, 2.05) is 0 Å². The van der Waals surface area contributed by atoms with Gasteiger partial charge in [-0.15, -0.1) is 0 Å². The molecule has 0 bridgehead atoms. The van der Waals surface area contributed by atoms with Crippen molar-refractivity contribution >= 4 is 44.8 Å². The lowest BCUT2D eigenvalue weighted by Gasteiger charge is -2.12. The standard InChI is InChI=1S/C16H16ClN3O4S/c1-2-15(21)20-14-9-10(17)3-8-13(14)16(22)19-11-4-6-12(7-5-11)25(18,23)24/h3-9H,2H2,1H3,(H,19,22)(H,20,21)(H2,18,23,24). The van der Waals surface area contributed by atoms with Crippen molar-refractivity contribution in [3.05, 3.63) is 53.1 Å².